The van der Waals surface area contributed by atoms with Crippen LogP contribution in [0.4, 0.5) is 15.8 Å². The van der Waals surface area contributed by atoms with E-state index in [1.807, 2.05) is 0 Å². The zero-order chi connectivity index (χ0) is 19.9. The summed E-state index contributed by atoms with van der Waals surface area (Å²) in [4.78, 5) is 24.9. The second-order valence-electron chi connectivity index (χ2n) is 6.12. The Morgan fingerprint density at radius 3 is 2.21 bits per heavy atom. The van der Waals surface area contributed by atoms with Gasteiger partial charge in [-0.2, -0.15) is 0 Å². The van der Waals surface area contributed by atoms with Crippen LogP contribution in [0.1, 0.15) is 22.3 Å². The summed E-state index contributed by atoms with van der Waals surface area (Å²) in [6, 6.07) is 19.9. The third-order valence-electron chi connectivity index (χ3n) is 4.15. The van der Waals surface area contributed by atoms with Crippen molar-refractivity contribution in [3.8, 4) is 0 Å². The Morgan fingerprint density at radius 1 is 0.821 bits per heavy atom. The molecular formula is C22H18ClFN2O2. The summed E-state index contributed by atoms with van der Waals surface area (Å²) >= 11 is 6.08. The van der Waals surface area contributed by atoms with E-state index in [0.29, 0.717) is 27.5 Å². The minimum atomic E-state index is -0.391. The molecule has 0 fully saturated rings. The molecule has 0 heterocycles. The van der Waals surface area contributed by atoms with Gasteiger partial charge in [-0.25, -0.2) is 4.39 Å². The largest absolute Gasteiger partial charge is 0.325 e. The molecule has 2 N–H and O–H groups in total. The minimum absolute atomic E-state index is 0.0986. The highest BCUT2D eigenvalue weighted by Gasteiger charge is 2.14. The molecule has 3 aromatic rings. The number of rotatable bonds is 6. The van der Waals surface area contributed by atoms with Gasteiger partial charge in [-0.3, -0.25) is 9.59 Å². The molecular weight excluding hydrogens is 379 g/mol. The first-order valence-corrected chi connectivity index (χ1v) is 9.10. The number of aryl methyl sites for hydroxylation is 1. The van der Waals surface area contributed by atoms with Crippen LogP contribution < -0.4 is 10.6 Å². The van der Waals surface area contributed by atoms with Gasteiger partial charge in [0.25, 0.3) is 5.91 Å². The molecule has 0 radical (unpaired) electrons. The number of benzene rings is 3. The SMILES string of the molecule is O=C(CCc1ccccc1F)Nc1ccccc1C(=O)Nc1ccccc1Cl. The van der Waals surface area contributed by atoms with Gasteiger partial charge in [-0.05, 0) is 42.3 Å². The van der Waals surface area contributed by atoms with Gasteiger partial charge in [0.05, 0.1) is 22.0 Å². The molecule has 0 spiro atoms. The van der Waals surface area contributed by atoms with Crippen molar-refractivity contribution in [2.45, 2.75) is 12.8 Å². The maximum absolute atomic E-state index is 13.7. The number of amides is 2. The summed E-state index contributed by atoms with van der Waals surface area (Å²) < 4.78 is 13.7. The summed E-state index contributed by atoms with van der Waals surface area (Å²) in [6.45, 7) is 0. The van der Waals surface area contributed by atoms with Crippen LogP contribution in [-0.2, 0) is 11.2 Å². The molecule has 4 nitrogen and oxygen atoms in total. The molecule has 0 bridgehead atoms. The number of para-hydroxylation sites is 2. The van der Waals surface area contributed by atoms with Crippen molar-refractivity contribution >= 4 is 34.8 Å². The van der Waals surface area contributed by atoms with Gasteiger partial charge >= 0.3 is 0 Å². The maximum atomic E-state index is 13.7. The van der Waals surface area contributed by atoms with E-state index in [0.717, 1.165) is 0 Å². The van der Waals surface area contributed by atoms with E-state index in [1.54, 1.807) is 66.7 Å². The molecule has 142 valence electrons. The second kappa shape index (κ2) is 9.15. The quantitative estimate of drug-likeness (QED) is 0.593. The van der Waals surface area contributed by atoms with E-state index in [1.165, 1.54) is 6.07 Å². The molecule has 28 heavy (non-hydrogen) atoms. The third-order valence-corrected chi connectivity index (χ3v) is 4.48. The molecule has 6 heteroatoms. The van der Waals surface area contributed by atoms with Gasteiger partial charge in [-0.1, -0.05) is 54.1 Å². The van der Waals surface area contributed by atoms with Crippen molar-refractivity contribution in [1.29, 1.82) is 0 Å². The lowest BCUT2D eigenvalue weighted by Crippen LogP contribution is -2.18. The third kappa shape index (κ3) is 4.96. The average Bonchev–Trinajstić information content (AvgIpc) is 2.69. The minimum Gasteiger partial charge on any atom is -0.325 e. The van der Waals surface area contributed by atoms with Gasteiger partial charge < -0.3 is 10.6 Å². The molecule has 0 atom stereocenters. The van der Waals surface area contributed by atoms with Gasteiger partial charge in [-0.15, -0.1) is 0 Å². The van der Waals surface area contributed by atoms with Crippen molar-refractivity contribution in [1.82, 2.24) is 0 Å². The number of anilines is 2. The van der Waals surface area contributed by atoms with E-state index in [-0.39, 0.29) is 24.6 Å². The number of halogens is 2. The highest BCUT2D eigenvalue weighted by Crippen LogP contribution is 2.23. The normalized spacial score (nSPS) is 10.4. The first-order chi connectivity index (χ1) is 13.5. The molecule has 0 saturated heterocycles. The number of hydrogen-bond acceptors (Lipinski definition) is 2. The van der Waals surface area contributed by atoms with Gasteiger partial charge in [0.2, 0.25) is 5.91 Å². The predicted octanol–water partition coefficient (Wildman–Crippen LogP) is 5.30. The monoisotopic (exact) mass is 396 g/mol. The Balaban J connectivity index is 1.68. The van der Waals surface area contributed by atoms with Gasteiger partial charge in [0, 0.05) is 6.42 Å². The molecule has 0 aromatic heterocycles. The Bertz CT molecular complexity index is 1010. The van der Waals surface area contributed by atoms with Crippen LogP contribution in [0.25, 0.3) is 0 Å². The zero-order valence-electron chi connectivity index (χ0n) is 14.9. The predicted molar refractivity (Wildman–Crippen MR) is 109 cm³/mol. The van der Waals surface area contributed by atoms with Crippen molar-refractivity contribution in [3.63, 3.8) is 0 Å². The first kappa shape index (κ1) is 19.6. The average molecular weight is 397 g/mol. The van der Waals surface area contributed by atoms with E-state index in [9.17, 15) is 14.0 Å². The maximum Gasteiger partial charge on any atom is 0.257 e. The van der Waals surface area contributed by atoms with Crippen LogP contribution in [0.3, 0.4) is 0 Å². The lowest BCUT2D eigenvalue weighted by Gasteiger charge is -2.12. The summed E-state index contributed by atoms with van der Waals surface area (Å²) in [7, 11) is 0. The second-order valence-corrected chi connectivity index (χ2v) is 6.53. The number of carbonyl (C=O) groups excluding carboxylic acids is 2. The van der Waals surface area contributed by atoms with Crippen LogP contribution in [0.15, 0.2) is 72.8 Å². The number of hydrogen-bond donors (Lipinski definition) is 2. The fourth-order valence-corrected chi connectivity index (χ4v) is 2.89. The molecule has 0 aliphatic rings. The van der Waals surface area contributed by atoms with Crippen molar-refractivity contribution in [2.75, 3.05) is 10.6 Å². The van der Waals surface area contributed by atoms with Crippen LogP contribution in [0.2, 0.25) is 5.02 Å². The topological polar surface area (TPSA) is 58.2 Å². The lowest BCUT2D eigenvalue weighted by atomic mass is 10.1. The Kier molecular flexibility index (Phi) is 6.40. The summed E-state index contributed by atoms with van der Waals surface area (Å²) in [6.07, 6.45) is 0.369. The molecule has 0 saturated carbocycles. The smallest absolute Gasteiger partial charge is 0.257 e. The van der Waals surface area contributed by atoms with Crippen molar-refractivity contribution in [2.24, 2.45) is 0 Å². The van der Waals surface area contributed by atoms with Gasteiger partial charge in [0.1, 0.15) is 5.82 Å². The Morgan fingerprint density at radius 2 is 1.46 bits per heavy atom. The summed E-state index contributed by atoms with van der Waals surface area (Å²) in [5, 5.41) is 5.88. The summed E-state index contributed by atoms with van der Waals surface area (Å²) in [5.74, 6) is -1.03. The lowest BCUT2D eigenvalue weighted by molar-refractivity contribution is -0.116. The van der Waals surface area contributed by atoms with Crippen molar-refractivity contribution < 1.29 is 14.0 Å². The van der Waals surface area contributed by atoms with Crippen molar-refractivity contribution in [3.05, 3.63) is 94.8 Å². The Labute approximate surface area is 167 Å². The summed E-state index contributed by atoms with van der Waals surface area (Å²) in [5.41, 5.74) is 1.64. The van der Waals surface area contributed by atoms with Crippen LogP contribution in [-0.4, -0.2) is 11.8 Å². The molecule has 0 unspecified atom stereocenters. The molecule has 0 aliphatic carbocycles. The number of nitrogens with one attached hydrogen (secondary N) is 2. The van der Waals surface area contributed by atoms with E-state index in [4.69, 9.17) is 11.6 Å². The van der Waals surface area contributed by atoms with Gasteiger partial charge in [0.15, 0.2) is 0 Å². The van der Waals surface area contributed by atoms with E-state index in [2.05, 4.69) is 10.6 Å². The highest BCUT2D eigenvalue weighted by molar-refractivity contribution is 6.34. The highest BCUT2D eigenvalue weighted by atomic mass is 35.5. The zero-order valence-corrected chi connectivity index (χ0v) is 15.7. The van der Waals surface area contributed by atoms with E-state index < -0.39 is 5.91 Å². The first-order valence-electron chi connectivity index (χ1n) is 8.73. The molecule has 0 aliphatic heterocycles. The number of carbonyl (C=O) groups is 2. The molecule has 2 amide bonds. The van der Waals surface area contributed by atoms with Crippen LogP contribution in [0, 0.1) is 5.82 Å². The van der Waals surface area contributed by atoms with Crippen LogP contribution >= 0.6 is 11.6 Å². The molecule has 3 rings (SSSR count). The Hall–Kier alpha value is -3.18. The standard InChI is InChI=1S/C22H18ClFN2O2/c23-17-9-3-6-12-20(17)26-22(28)16-8-2-5-11-19(16)25-21(27)14-13-15-7-1-4-10-18(15)24/h1-12H,13-14H2,(H,25,27)(H,26,28). The molecule has 3 aromatic carbocycles. The fraction of sp³-hybridized carbons (Fsp3) is 0.0909. The van der Waals surface area contributed by atoms with Crippen LogP contribution in [0.5, 0.6) is 0 Å². The van der Waals surface area contributed by atoms with E-state index >= 15 is 0 Å². The fourth-order valence-electron chi connectivity index (χ4n) is 2.70.